The zero-order valence-electron chi connectivity index (χ0n) is 15.8. The normalized spacial score (nSPS) is 27.1. The summed E-state index contributed by atoms with van der Waals surface area (Å²) < 4.78 is 13.3. The van der Waals surface area contributed by atoms with Gasteiger partial charge in [-0.1, -0.05) is 0 Å². The molecule has 1 saturated carbocycles. The van der Waals surface area contributed by atoms with Crippen molar-refractivity contribution in [1.29, 1.82) is 0 Å². The number of nitrogens with two attached hydrogens (primary N) is 1. The highest BCUT2D eigenvalue weighted by atomic mass is 16.5. The first kappa shape index (κ1) is 17.5. The molecule has 3 aromatic rings. The van der Waals surface area contributed by atoms with E-state index >= 15 is 0 Å². The van der Waals surface area contributed by atoms with Gasteiger partial charge in [0.2, 0.25) is 0 Å². The number of nitrogens with zero attached hydrogens (tertiary/aromatic N) is 3. The average Bonchev–Trinajstić information content (AvgIpc) is 3.29. The van der Waals surface area contributed by atoms with Crippen molar-refractivity contribution in [3.05, 3.63) is 42.5 Å². The highest BCUT2D eigenvalue weighted by Crippen LogP contribution is 2.45. The van der Waals surface area contributed by atoms with Crippen molar-refractivity contribution in [2.45, 2.75) is 43.8 Å². The molecule has 5 rings (SSSR count). The van der Waals surface area contributed by atoms with Crippen LogP contribution in [0.4, 0.5) is 5.82 Å². The number of imidazole rings is 1. The van der Waals surface area contributed by atoms with Crippen LogP contribution in [0, 0.1) is 0 Å². The summed E-state index contributed by atoms with van der Waals surface area (Å²) in [4.78, 5) is 9.17. The van der Waals surface area contributed by atoms with Crippen LogP contribution in [0.5, 0.6) is 5.75 Å². The minimum atomic E-state index is -0.613. The fraction of sp³-hybridized carbons (Fsp3) is 0.429. The topological polar surface area (TPSA) is 94.9 Å². The molecular weight excluding hydrogens is 356 g/mol. The Kier molecular flexibility index (Phi) is 4.03. The SMILES string of the molecule is CC1(O)CC(c2nc(-c3ccc(OC4CCOC4)cc3)c3c(N)nccn23)C1. The van der Waals surface area contributed by atoms with E-state index in [2.05, 4.69) is 4.98 Å². The first-order valence-electron chi connectivity index (χ1n) is 9.70. The molecule has 28 heavy (non-hydrogen) atoms. The van der Waals surface area contributed by atoms with Gasteiger partial charge in [0.1, 0.15) is 34.7 Å². The van der Waals surface area contributed by atoms with Gasteiger partial charge in [0.15, 0.2) is 0 Å². The molecule has 2 aliphatic rings. The van der Waals surface area contributed by atoms with Gasteiger partial charge < -0.3 is 20.3 Å². The molecular formula is C21H24N4O3. The first-order valence-corrected chi connectivity index (χ1v) is 9.70. The van der Waals surface area contributed by atoms with Gasteiger partial charge in [-0.2, -0.15) is 0 Å². The Morgan fingerprint density at radius 1 is 1.29 bits per heavy atom. The molecule has 146 valence electrons. The molecule has 0 bridgehead atoms. The van der Waals surface area contributed by atoms with Crippen LogP contribution < -0.4 is 10.5 Å². The highest BCUT2D eigenvalue weighted by molar-refractivity contribution is 5.85. The molecule has 3 N–H and O–H groups in total. The predicted molar refractivity (Wildman–Crippen MR) is 105 cm³/mol. The van der Waals surface area contributed by atoms with E-state index in [-0.39, 0.29) is 12.0 Å². The maximum Gasteiger partial charge on any atom is 0.150 e. The van der Waals surface area contributed by atoms with Gasteiger partial charge in [-0.05, 0) is 44.0 Å². The Labute approximate surface area is 163 Å². The lowest BCUT2D eigenvalue weighted by atomic mass is 9.72. The quantitative estimate of drug-likeness (QED) is 0.723. The second kappa shape index (κ2) is 6.46. The fourth-order valence-electron chi connectivity index (χ4n) is 4.25. The van der Waals surface area contributed by atoms with E-state index in [1.807, 2.05) is 41.8 Å². The predicted octanol–water partition coefficient (Wildman–Crippen LogP) is 2.77. The molecule has 1 saturated heterocycles. The Hall–Kier alpha value is -2.64. The van der Waals surface area contributed by atoms with E-state index in [0.29, 0.717) is 25.3 Å². The van der Waals surface area contributed by atoms with Gasteiger partial charge in [-0.25, -0.2) is 9.97 Å². The van der Waals surface area contributed by atoms with Crippen molar-refractivity contribution in [3.63, 3.8) is 0 Å². The minimum absolute atomic E-state index is 0.122. The Morgan fingerprint density at radius 2 is 2.07 bits per heavy atom. The van der Waals surface area contributed by atoms with Crippen LogP contribution >= 0.6 is 0 Å². The zero-order valence-corrected chi connectivity index (χ0v) is 15.8. The maximum atomic E-state index is 10.1. The fourth-order valence-corrected chi connectivity index (χ4v) is 4.25. The van der Waals surface area contributed by atoms with Gasteiger partial charge >= 0.3 is 0 Å². The van der Waals surface area contributed by atoms with Crippen LogP contribution in [0.1, 0.15) is 37.9 Å². The molecule has 2 aromatic heterocycles. The lowest BCUT2D eigenvalue weighted by molar-refractivity contribution is -0.0335. The van der Waals surface area contributed by atoms with Crippen LogP contribution in [0.15, 0.2) is 36.7 Å². The van der Waals surface area contributed by atoms with Crippen molar-refractivity contribution in [1.82, 2.24) is 14.4 Å². The molecule has 0 amide bonds. The van der Waals surface area contributed by atoms with E-state index in [0.717, 1.165) is 41.4 Å². The van der Waals surface area contributed by atoms with Crippen LogP contribution in [0.3, 0.4) is 0 Å². The van der Waals surface area contributed by atoms with E-state index in [1.54, 1.807) is 6.20 Å². The number of benzene rings is 1. The van der Waals surface area contributed by atoms with Gasteiger partial charge in [-0.3, -0.25) is 4.40 Å². The molecule has 1 aliphatic heterocycles. The lowest BCUT2D eigenvalue weighted by Crippen LogP contribution is -2.40. The number of fused-ring (bicyclic) bond motifs is 1. The molecule has 0 spiro atoms. The summed E-state index contributed by atoms with van der Waals surface area (Å²) in [6.07, 6.45) is 6.02. The van der Waals surface area contributed by atoms with E-state index in [1.165, 1.54) is 0 Å². The van der Waals surface area contributed by atoms with Crippen LogP contribution in [-0.2, 0) is 4.74 Å². The van der Waals surface area contributed by atoms with Crippen molar-refractivity contribution < 1.29 is 14.6 Å². The van der Waals surface area contributed by atoms with E-state index in [9.17, 15) is 5.11 Å². The maximum absolute atomic E-state index is 10.1. The molecule has 0 radical (unpaired) electrons. The molecule has 1 aromatic carbocycles. The number of nitrogen functional groups attached to an aromatic ring is 1. The third kappa shape index (κ3) is 3.00. The Bertz CT molecular complexity index is 998. The van der Waals surface area contributed by atoms with Crippen molar-refractivity contribution in [2.75, 3.05) is 18.9 Å². The van der Waals surface area contributed by atoms with Crippen molar-refractivity contribution in [3.8, 4) is 17.0 Å². The molecule has 2 fully saturated rings. The summed E-state index contributed by atoms with van der Waals surface area (Å²) in [7, 11) is 0. The minimum Gasteiger partial charge on any atom is -0.488 e. The molecule has 7 nitrogen and oxygen atoms in total. The van der Waals surface area contributed by atoms with Crippen LogP contribution in [0.25, 0.3) is 16.8 Å². The summed E-state index contributed by atoms with van der Waals surface area (Å²) in [5, 5.41) is 10.1. The van der Waals surface area contributed by atoms with Gasteiger partial charge in [0.05, 0.1) is 18.8 Å². The highest BCUT2D eigenvalue weighted by Gasteiger charge is 2.41. The lowest BCUT2D eigenvalue weighted by Gasteiger charge is -2.40. The van der Waals surface area contributed by atoms with Gasteiger partial charge in [-0.15, -0.1) is 0 Å². The van der Waals surface area contributed by atoms with Crippen LogP contribution in [0.2, 0.25) is 0 Å². The summed E-state index contributed by atoms with van der Waals surface area (Å²) >= 11 is 0. The number of hydrogen-bond acceptors (Lipinski definition) is 6. The smallest absolute Gasteiger partial charge is 0.150 e. The number of hydrogen-bond donors (Lipinski definition) is 2. The van der Waals surface area contributed by atoms with E-state index in [4.69, 9.17) is 20.2 Å². The average molecular weight is 380 g/mol. The summed E-state index contributed by atoms with van der Waals surface area (Å²) in [5.41, 5.74) is 8.16. The monoisotopic (exact) mass is 380 g/mol. The zero-order chi connectivity index (χ0) is 19.3. The van der Waals surface area contributed by atoms with Crippen molar-refractivity contribution in [2.24, 2.45) is 0 Å². The van der Waals surface area contributed by atoms with Gasteiger partial charge in [0, 0.05) is 30.3 Å². The Morgan fingerprint density at radius 3 is 2.75 bits per heavy atom. The summed E-state index contributed by atoms with van der Waals surface area (Å²) in [6.45, 7) is 3.26. The molecule has 7 heteroatoms. The second-order valence-corrected chi connectivity index (χ2v) is 8.08. The first-order chi connectivity index (χ1) is 13.5. The number of ether oxygens (including phenoxy) is 2. The summed E-state index contributed by atoms with van der Waals surface area (Å²) in [6, 6.07) is 7.92. The van der Waals surface area contributed by atoms with E-state index < -0.39 is 5.60 Å². The standard InChI is InChI=1S/C21H24N4O3/c1-21(26)10-14(11-21)20-24-17(18-19(22)23-7-8-25(18)20)13-2-4-15(5-3-13)28-16-6-9-27-12-16/h2-5,7-8,14,16,26H,6,9-12H2,1H3,(H2,22,23). The molecule has 1 unspecified atom stereocenters. The number of aliphatic hydroxyl groups is 1. The number of rotatable bonds is 4. The Balaban J connectivity index is 1.50. The molecule has 1 atom stereocenters. The third-order valence-electron chi connectivity index (χ3n) is 5.67. The molecule has 1 aliphatic carbocycles. The van der Waals surface area contributed by atoms with Gasteiger partial charge in [0.25, 0.3) is 0 Å². The van der Waals surface area contributed by atoms with Crippen LogP contribution in [-0.4, -0.2) is 44.4 Å². The summed E-state index contributed by atoms with van der Waals surface area (Å²) in [5.74, 6) is 2.41. The largest absolute Gasteiger partial charge is 0.488 e. The molecule has 3 heterocycles. The number of anilines is 1. The third-order valence-corrected chi connectivity index (χ3v) is 5.67. The second-order valence-electron chi connectivity index (χ2n) is 8.08. The van der Waals surface area contributed by atoms with Crippen molar-refractivity contribution >= 4 is 11.3 Å². The number of aromatic nitrogens is 3.